The third-order valence-electron chi connectivity index (χ3n) is 3.98. The number of rotatable bonds is 5. The lowest BCUT2D eigenvalue weighted by Crippen LogP contribution is -2.34. The molecule has 2 aromatic rings. The maximum Gasteiger partial charge on any atom is 0.270 e. The van der Waals surface area contributed by atoms with E-state index >= 15 is 0 Å². The number of benzene rings is 1. The van der Waals surface area contributed by atoms with Crippen LogP contribution >= 0.6 is 0 Å². The van der Waals surface area contributed by atoms with Crippen LogP contribution in [-0.2, 0) is 0 Å². The van der Waals surface area contributed by atoms with Gasteiger partial charge in [-0.2, -0.15) is 5.10 Å². The van der Waals surface area contributed by atoms with Gasteiger partial charge in [0.05, 0.1) is 11.4 Å². The Bertz CT molecular complexity index is 629. The summed E-state index contributed by atoms with van der Waals surface area (Å²) in [5, 5.41) is 7.44. The number of aryl methyl sites for hydroxylation is 1. The van der Waals surface area contributed by atoms with Gasteiger partial charge in [-0.3, -0.25) is 4.79 Å². The van der Waals surface area contributed by atoms with E-state index in [9.17, 15) is 4.79 Å². The molecule has 0 saturated carbocycles. The van der Waals surface area contributed by atoms with E-state index in [0.717, 1.165) is 31.0 Å². The molecule has 5 nitrogen and oxygen atoms in total. The van der Waals surface area contributed by atoms with Gasteiger partial charge in [-0.25, -0.2) is 4.68 Å². The van der Waals surface area contributed by atoms with Gasteiger partial charge in [-0.05, 0) is 51.1 Å². The molecule has 1 amide bonds. The van der Waals surface area contributed by atoms with Crippen molar-refractivity contribution in [3.05, 3.63) is 47.8 Å². The number of nitrogens with zero attached hydrogens (tertiary/aromatic N) is 3. The van der Waals surface area contributed by atoms with Gasteiger partial charge in [-0.15, -0.1) is 0 Å². The van der Waals surface area contributed by atoms with Gasteiger partial charge in [0.2, 0.25) is 0 Å². The fourth-order valence-corrected chi connectivity index (χ4v) is 2.85. The molecule has 0 aliphatic carbocycles. The molecule has 0 atom stereocenters. The molecular formula is C17H22N4O. The number of amides is 1. The van der Waals surface area contributed by atoms with Gasteiger partial charge < -0.3 is 10.2 Å². The van der Waals surface area contributed by atoms with E-state index in [1.54, 1.807) is 4.68 Å². The Labute approximate surface area is 130 Å². The van der Waals surface area contributed by atoms with Crippen molar-refractivity contribution in [3.63, 3.8) is 0 Å². The van der Waals surface area contributed by atoms with Crippen molar-refractivity contribution in [1.82, 2.24) is 20.0 Å². The Morgan fingerprint density at radius 3 is 2.68 bits per heavy atom. The van der Waals surface area contributed by atoms with Crippen LogP contribution < -0.4 is 5.32 Å². The van der Waals surface area contributed by atoms with Gasteiger partial charge >= 0.3 is 0 Å². The number of para-hydroxylation sites is 1. The number of likely N-dealkylation sites (tertiary alicyclic amines) is 1. The van der Waals surface area contributed by atoms with Crippen LogP contribution in [0.15, 0.2) is 36.4 Å². The second kappa shape index (κ2) is 6.75. The largest absolute Gasteiger partial charge is 0.349 e. The number of aromatic nitrogens is 2. The number of carbonyl (C=O) groups excluding carboxylic acids is 1. The molecule has 22 heavy (non-hydrogen) atoms. The maximum atomic E-state index is 12.4. The average Bonchev–Trinajstić information content (AvgIpc) is 3.17. The van der Waals surface area contributed by atoms with Crippen LogP contribution in [-0.4, -0.2) is 46.8 Å². The molecule has 3 rings (SSSR count). The smallest absolute Gasteiger partial charge is 0.270 e. The first kappa shape index (κ1) is 14.8. The Morgan fingerprint density at radius 1 is 1.23 bits per heavy atom. The predicted molar refractivity (Wildman–Crippen MR) is 86.3 cm³/mol. The third-order valence-corrected chi connectivity index (χ3v) is 3.98. The fraction of sp³-hybridized carbons (Fsp3) is 0.412. The van der Waals surface area contributed by atoms with Crippen molar-refractivity contribution in [2.24, 2.45) is 0 Å². The average molecular weight is 298 g/mol. The molecule has 1 saturated heterocycles. The van der Waals surface area contributed by atoms with E-state index in [2.05, 4.69) is 15.3 Å². The number of hydrogen-bond donors (Lipinski definition) is 1. The summed E-state index contributed by atoms with van der Waals surface area (Å²) >= 11 is 0. The molecule has 116 valence electrons. The number of carbonyl (C=O) groups is 1. The minimum atomic E-state index is -0.0661. The Hall–Kier alpha value is -2.14. The topological polar surface area (TPSA) is 50.2 Å². The molecule has 1 N–H and O–H groups in total. The predicted octanol–water partition coefficient (Wildman–Crippen LogP) is 2.01. The standard InChI is InChI=1S/C17H22N4O/c1-14-13-16(21(19-14)15-7-3-2-4-8-15)17(22)18-9-12-20-10-5-6-11-20/h2-4,7-8,13H,5-6,9-12H2,1H3,(H,18,22). The zero-order chi connectivity index (χ0) is 15.4. The quantitative estimate of drug-likeness (QED) is 0.918. The van der Waals surface area contributed by atoms with Crippen LogP contribution in [0.2, 0.25) is 0 Å². The Balaban J connectivity index is 1.67. The van der Waals surface area contributed by atoms with Crippen LogP contribution in [0, 0.1) is 6.92 Å². The van der Waals surface area contributed by atoms with Crippen molar-refractivity contribution in [3.8, 4) is 5.69 Å². The molecule has 1 fully saturated rings. The lowest BCUT2D eigenvalue weighted by molar-refractivity contribution is 0.0942. The van der Waals surface area contributed by atoms with Gasteiger partial charge in [0.25, 0.3) is 5.91 Å². The SMILES string of the molecule is Cc1cc(C(=O)NCCN2CCCC2)n(-c2ccccc2)n1. The number of hydrogen-bond acceptors (Lipinski definition) is 3. The minimum Gasteiger partial charge on any atom is -0.349 e. The molecule has 1 aliphatic rings. The van der Waals surface area contributed by atoms with Gasteiger partial charge in [0.1, 0.15) is 5.69 Å². The molecule has 1 aromatic heterocycles. The highest BCUT2D eigenvalue weighted by molar-refractivity contribution is 5.93. The first-order valence-electron chi connectivity index (χ1n) is 7.87. The maximum absolute atomic E-state index is 12.4. The van der Waals surface area contributed by atoms with E-state index < -0.39 is 0 Å². The van der Waals surface area contributed by atoms with Gasteiger partial charge in [0.15, 0.2) is 0 Å². The highest BCUT2D eigenvalue weighted by Gasteiger charge is 2.16. The lowest BCUT2D eigenvalue weighted by atomic mass is 10.3. The normalized spacial score (nSPS) is 15.1. The summed E-state index contributed by atoms with van der Waals surface area (Å²) in [4.78, 5) is 14.8. The van der Waals surface area contributed by atoms with E-state index in [1.807, 2.05) is 43.3 Å². The van der Waals surface area contributed by atoms with Crippen molar-refractivity contribution in [1.29, 1.82) is 0 Å². The summed E-state index contributed by atoms with van der Waals surface area (Å²) in [5.74, 6) is -0.0661. The summed E-state index contributed by atoms with van der Waals surface area (Å²) in [5.41, 5.74) is 2.33. The molecule has 0 radical (unpaired) electrons. The van der Waals surface area contributed by atoms with Crippen molar-refractivity contribution in [2.45, 2.75) is 19.8 Å². The van der Waals surface area contributed by atoms with Crippen LogP contribution in [0.1, 0.15) is 29.0 Å². The zero-order valence-corrected chi connectivity index (χ0v) is 13.0. The fourth-order valence-electron chi connectivity index (χ4n) is 2.85. The first-order valence-corrected chi connectivity index (χ1v) is 7.87. The molecule has 1 aliphatic heterocycles. The van der Waals surface area contributed by atoms with Crippen molar-refractivity contribution in [2.75, 3.05) is 26.2 Å². The van der Waals surface area contributed by atoms with Crippen LogP contribution in [0.5, 0.6) is 0 Å². The van der Waals surface area contributed by atoms with Crippen LogP contribution in [0.25, 0.3) is 5.69 Å². The molecule has 0 bridgehead atoms. The van der Waals surface area contributed by atoms with Crippen LogP contribution in [0.4, 0.5) is 0 Å². The van der Waals surface area contributed by atoms with Gasteiger partial charge in [-0.1, -0.05) is 18.2 Å². The summed E-state index contributed by atoms with van der Waals surface area (Å²) in [6.07, 6.45) is 2.54. The lowest BCUT2D eigenvalue weighted by Gasteiger charge is -2.15. The molecule has 5 heteroatoms. The van der Waals surface area contributed by atoms with Crippen molar-refractivity contribution < 1.29 is 4.79 Å². The molecule has 2 heterocycles. The first-order chi connectivity index (χ1) is 10.7. The molecule has 1 aromatic carbocycles. The van der Waals surface area contributed by atoms with E-state index in [1.165, 1.54) is 12.8 Å². The third kappa shape index (κ3) is 3.36. The number of nitrogens with one attached hydrogen (secondary N) is 1. The second-order valence-electron chi connectivity index (χ2n) is 5.72. The van der Waals surface area contributed by atoms with E-state index in [4.69, 9.17) is 0 Å². The Kier molecular flexibility index (Phi) is 4.53. The highest BCUT2D eigenvalue weighted by Crippen LogP contribution is 2.12. The molecule has 0 unspecified atom stereocenters. The summed E-state index contributed by atoms with van der Waals surface area (Å²) < 4.78 is 1.71. The Morgan fingerprint density at radius 2 is 1.95 bits per heavy atom. The van der Waals surface area contributed by atoms with E-state index in [0.29, 0.717) is 12.2 Å². The summed E-state index contributed by atoms with van der Waals surface area (Å²) in [6.45, 7) is 5.80. The zero-order valence-electron chi connectivity index (χ0n) is 13.0. The second-order valence-corrected chi connectivity index (χ2v) is 5.72. The minimum absolute atomic E-state index is 0.0661. The van der Waals surface area contributed by atoms with Crippen molar-refractivity contribution >= 4 is 5.91 Å². The summed E-state index contributed by atoms with van der Waals surface area (Å²) in [6, 6.07) is 11.6. The molecular weight excluding hydrogens is 276 g/mol. The summed E-state index contributed by atoms with van der Waals surface area (Å²) in [7, 11) is 0. The highest BCUT2D eigenvalue weighted by atomic mass is 16.2. The van der Waals surface area contributed by atoms with Crippen LogP contribution in [0.3, 0.4) is 0 Å². The van der Waals surface area contributed by atoms with E-state index in [-0.39, 0.29) is 5.91 Å². The monoisotopic (exact) mass is 298 g/mol. The molecule has 0 spiro atoms. The van der Waals surface area contributed by atoms with Gasteiger partial charge in [0, 0.05) is 13.1 Å².